The van der Waals surface area contributed by atoms with Gasteiger partial charge in [0, 0.05) is 29.6 Å². The molecule has 132 valence electrons. The second-order valence-corrected chi connectivity index (χ2v) is 5.72. The van der Waals surface area contributed by atoms with Gasteiger partial charge < -0.3 is 4.57 Å². The Morgan fingerprint density at radius 1 is 1.15 bits per heavy atom. The van der Waals surface area contributed by atoms with Crippen LogP contribution in [0.25, 0.3) is 10.9 Å². The third kappa shape index (κ3) is 3.07. The van der Waals surface area contributed by atoms with E-state index in [9.17, 15) is 20.2 Å². The summed E-state index contributed by atoms with van der Waals surface area (Å²) in [4.78, 5) is 20.5. The molecule has 0 atom stereocenters. The average molecular weight is 374 g/mol. The second-order valence-electron chi connectivity index (χ2n) is 5.37. The van der Waals surface area contributed by atoms with E-state index in [1.807, 2.05) is 31.3 Å². The molecule has 0 spiro atoms. The molecule has 1 aromatic heterocycles. The van der Waals surface area contributed by atoms with Crippen molar-refractivity contribution in [3.63, 3.8) is 0 Å². The number of fused-ring (bicyclic) bond motifs is 1. The smallest absolute Gasteiger partial charge is 0.301 e. The number of nitro benzene ring substituents is 2. The van der Waals surface area contributed by atoms with E-state index in [1.54, 1.807) is 4.57 Å². The van der Waals surface area contributed by atoms with Gasteiger partial charge >= 0.3 is 5.69 Å². The van der Waals surface area contributed by atoms with Crippen LogP contribution in [0.3, 0.4) is 0 Å². The molecule has 1 heterocycles. The Balaban J connectivity index is 1.94. The molecule has 2 aromatic carbocycles. The van der Waals surface area contributed by atoms with Gasteiger partial charge in [-0.3, -0.25) is 25.7 Å². The van der Waals surface area contributed by atoms with Crippen molar-refractivity contribution in [1.29, 1.82) is 0 Å². The van der Waals surface area contributed by atoms with Crippen LogP contribution in [0.1, 0.15) is 5.56 Å². The molecule has 0 radical (unpaired) electrons. The molecule has 3 aromatic rings. The van der Waals surface area contributed by atoms with Gasteiger partial charge in [-0.25, -0.2) is 0 Å². The predicted molar refractivity (Wildman–Crippen MR) is 98.9 cm³/mol. The van der Waals surface area contributed by atoms with Crippen LogP contribution in [0.2, 0.25) is 5.15 Å². The van der Waals surface area contributed by atoms with Gasteiger partial charge in [-0.15, -0.1) is 0 Å². The Bertz CT molecular complexity index is 1060. The summed E-state index contributed by atoms with van der Waals surface area (Å²) in [5.74, 6) is 0. The average Bonchev–Trinajstić information content (AvgIpc) is 2.86. The molecule has 0 unspecified atom stereocenters. The zero-order valence-corrected chi connectivity index (χ0v) is 14.2. The summed E-state index contributed by atoms with van der Waals surface area (Å²) in [5, 5.41) is 27.2. The number of halogens is 1. The fraction of sp³-hybridized carbons (Fsp3) is 0.0625. The number of hydrogen-bond acceptors (Lipinski definition) is 6. The van der Waals surface area contributed by atoms with Gasteiger partial charge in [-0.05, 0) is 12.1 Å². The van der Waals surface area contributed by atoms with Gasteiger partial charge in [-0.1, -0.05) is 29.8 Å². The van der Waals surface area contributed by atoms with Gasteiger partial charge in [-0.2, -0.15) is 5.10 Å². The Labute approximate surface area is 151 Å². The lowest BCUT2D eigenvalue weighted by Gasteiger charge is -2.02. The minimum atomic E-state index is -0.713. The summed E-state index contributed by atoms with van der Waals surface area (Å²) in [6.45, 7) is 0. The van der Waals surface area contributed by atoms with E-state index in [4.69, 9.17) is 11.6 Å². The first kappa shape index (κ1) is 17.4. The van der Waals surface area contributed by atoms with Crippen molar-refractivity contribution < 1.29 is 9.85 Å². The number of non-ortho nitro benzene ring substituents is 1. The summed E-state index contributed by atoms with van der Waals surface area (Å²) >= 11 is 6.32. The van der Waals surface area contributed by atoms with Crippen molar-refractivity contribution in [3.05, 3.63) is 73.4 Å². The van der Waals surface area contributed by atoms with Crippen molar-refractivity contribution in [2.75, 3.05) is 5.43 Å². The van der Waals surface area contributed by atoms with Crippen LogP contribution in [0.4, 0.5) is 17.1 Å². The third-order valence-corrected chi connectivity index (χ3v) is 4.30. The molecule has 26 heavy (non-hydrogen) atoms. The Kier molecular flexibility index (Phi) is 4.55. The quantitative estimate of drug-likeness (QED) is 0.410. The van der Waals surface area contributed by atoms with Gasteiger partial charge in [0.2, 0.25) is 0 Å². The Morgan fingerprint density at radius 2 is 1.88 bits per heavy atom. The minimum absolute atomic E-state index is 0.0354. The number of nitrogens with zero attached hydrogens (tertiary/aromatic N) is 4. The molecule has 0 saturated heterocycles. The van der Waals surface area contributed by atoms with Crippen molar-refractivity contribution in [3.8, 4) is 0 Å². The summed E-state index contributed by atoms with van der Waals surface area (Å²) in [6.07, 6.45) is 1.45. The van der Waals surface area contributed by atoms with Gasteiger partial charge in [0.1, 0.15) is 10.8 Å². The fourth-order valence-electron chi connectivity index (χ4n) is 2.56. The second kappa shape index (κ2) is 6.81. The maximum Gasteiger partial charge on any atom is 0.301 e. The zero-order chi connectivity index (χ0) is 18.8. The number of aromatic nitrogens is 1. The van der Waals surface area contributed by atoms with Crippen molar-refractivity contribution in [1.82, 2.24) is 4.57 Å². The molecule has 0 amide bonds. The molecule has 0 aliphatic heterocycles. The van der Waals surface area contributed by atoms with E-state index in [-0.39, 0.29) is 11.4 Å². The molecule has 10 heteroatoms. The Hall–Kier alpha value is -3.46. The highest BCUT2D eigenvalue weighted by Crippen LogP contribution is 2.30. The van der Waals surface area contributed by atoms with E-state index in [2.05, 4.69) is 10.5 Å². The number of anilines is 1. The molecular weight excluding hydrogens is 362 g/mol. The molecular formula is C16H12ClN5O4. The molecule has 0 aliphatic rings. The van der Waals surface area contributed by atoms with Crippen LogP contribution in [0.5, 0.6) is 0 Å². The van der Waals surface area contributed by atoms with E-state index in [0.717, 1.165) is 23.0 Å². The van der Waals surface area contributed by atoms with Crippen LogP contribution in [0, 0.1) is 20.2 Å². The summed E-state index contributed by atoms with van der Waals surface area (Å²) < 4.78 is 1.80. The normalized spacial score (nSPS) is 11.2. The summed E-state index contributed by atoms with van der Waals surface area (Å²) in [6, 6.07) is 10.8. The largest absolute Gasteiger partial charge is 0.334 e. The highest BCUT2D eigenvalue weighted by atomic mass is 35.5. The van der Waals surface area contributed by atoms with Crippen LogP contribution in [-0.2, 0) is 7.05 Å². The lowest BCUT2D eigenvalue weighted by Crippen LogP contribution is -1.98. The van der Waals surface area contributed by atoms with E-state index in [1.165, 1.54) is 12.3 Å². The van der Waals surface area contributed by atoms with Gasteiger partial charge in [0.25, 0.3) is 5.69 Å². The fourth-order valence-corrected chi connectivity index (χ4v) is 2.80. The lowest BCUT2D eigenvalue weighted by molar-refractivity contribution is -0.393. The number of rotatable bonds is 5. The number of hydrogen-bond donors (Lipinski definition) is 1. The number of nitrogens with one attached hydrogen (secondary N) is 1. The molecule has 9 nitrogen and oxygen atoms in total. The monoisotopic (exact) mass is 373 g/mol. The number of para-hydroxylation sites is 1. The number of aryl methyl sites for hydroxylation is 1. The summed E-state index contributed by atoms with van der Waals surface area (Å²) in [7, 11) is 1.82. The van der Waals surface area contributed by atoms with E-state index in [0.29, 0.717) is 10.7 Å². The molecule has 1 N–H and O–H groups in total. The first-order chi connectivity index (χ1) is 12.4. The highest BCUT2D eigenvalue weighted by molar-refractivity contribution is 6.34. The Morgan fingerprint density at radius 3 is 2.58 bits per heavy atom. The van der Waals surface area contributed by atoms with Crippen LogP contribution < -0.4 is 5.43 Å². The third-order valence-electron chi connectivity index (χ3n) is 3.84. The highest BCUT2D eigenvalue weighted by Gasteiger charge is 2.19. The number of nitro groups is 2. The standard InChI is InChI=1S/C16H12ClN5O4/c1-20-14-5-3-2-4-11(14)12(16(20)17)9-18-19-13-7-6-10(21(23)24)8-15(13)22(25)26/h2-9,19H,1H3/b18-9-. The topological polar surface area (TPSA) is 116 Å². The van der Waals surface area contributed by atoms with E-state index < -0.39 is 15.5 Å². The van der Waals surface area contributed by atoms with Gasteiger partial charge in [0.05, 0.1) is 22.1 Å². The first-order valence-electron chi connectivity index (χ1n) is 7.35. The SMILES string of the molecule is Cn1c(Cl)c(/C=N\Nc2ccc([N+](=O)[O-])cc2[N+](=O)[O-])c2ccccc21. The number of benzene rings is 2. The predicted octanol–water partition coefficient (Wildman–Crippen LogP) is 4.09. The van der Waals surface area contributed by atoms with Crippen molar-refractivity contribution >= 4 is 45.8 Å². The van der Waals surface area contributed by atoms with Crippen LogP contribution in [0.15, 0.2) is 47.6 Å². The maximum atomic E-state index is 11.1. The zero-order valence-electron chi connectivity index (χ0n) is 13.4. The van der Waals surface area contributed by atoms with Crippen molar-refractivity contribution in [2.45, 2.75) is 0 Å². The molecule has 0 aliphatic carbocycles. The maximum absolute atomic E-state index is 11.1. The van der Waals surface area contributed by atoms with Crippen LogP contribution >= 0.6 is 11.6 Å². The van der Waals surface area contributed by atoms with E-state index >= 15 is 0 Å². The van der Waals surface area contributed by atoms with Crippen LogP contribution in [-0.4, -0.2) is 20.6 Å². The molecule has 3 rings (SSSR count). The molecule has 0 bridgehead atoms. The molecule has 0 fully saturated rings. The first-order valence-corrected chi connectivity index (χ1v) is 7.72. The molecule has 0 saturated carbocycles. The minimum Gasteiger partial charge on any atom is -0.334 e. The lowest BCUT2D eigenvalue weighted by atomic mass is 10.2. The summed E-state index contributed by atoms with van der Waals surface area (Å²) in [5.41, 5.74) is 3.34. The van der Waals surface area contributed by atoms with Gasteiger partial charge in [0.15, 0.2) is 0 Å². The van der Waals surface area contributed by atoms with Crippen molar-refractivity contribution in [2.24, 2.45) is 12.1 Å². The number of hydrazone groups is 1.